The molecule has 1 aliphatic heterocycles. The van der Waals surface area contributed by atoms with E-state index >= 15 is 0 Å². The summed E-state index contributed by atoms with van der Waals surface area (Å²) < 4.78 is 14.5. The maximum Gasteiger partial charge on any atom is 0.257 e. The Bertz CT molecular complexity index is 533. The minimum Gasteiger partial charge on any atom is -0.335 e. The van der Waals surface area contributed by atoms with Gasteiger partial charge in [-0.3, -0.25) is 9.59 Å². The SMILES string of the molecule is CC(=O)CC1CCCCN1C(=O)c1cc(Br)ccc1F. The van der Waals surface area contributed by atoms with Crippen LogP contribution in [0.3, 0.4) is 0 Å². The van der Waals surface area contributed by atoms with Gasteiger partial charge < -0.3 is 4.90 Å². The molecular formula is C15H17BrFNO2. The predicted molar refractivity (Wildman–Crippen MR) is 78.1 cm³/mol. The summed E-state index contributed by atoms with van der Waals surface area (Å²) in [5.74, 6) is -0.787. The third kappa shape index (κ3) is 3.45. The van der Waals surface area contributed by atoms with Crippen LogP contribution in [-0.4, -0.2) is 29.2 Å². The lowest BCUT2D eigenvalue weighted by molar-refractivity contribution is -0.118. The van der Waals surface area contributed by atoms with Crippen LogP contribution in [0.5, 0.6) is 0 Å². The van der Waals surface area contributed by atoms with Gasteiger partial charge in [-0.1, -0.05) is 15.9 Å². The van der Waals surface area contributed by atoms with Crippen molar-refractivity contribution in [1.29, 1.82) is 0 Å². The van der Waals surface area contributed by atoms with E-state index in [1.165, 1.54) is 19.1 Å². The van der Waals surface area contributed by atoms with Crippen LogP contribution < -0.4 is 0 Å². The third-order valence-electron chi connectivity index (χ3n) is 3.57. The van der Waals surface area contributed by atoms with Crippen LogP contribution in [0.15, 0.2) is 22.7 Å². The Morgan fingerprint density at radius 2 is 2.15 bits per heavy atom. The molecule has 1 aliphatic rings. The van der Waals surface area contributed by atoms with Crippen molar-refractivity contribution in [3.8, 4) is 0 Å². The van der Waals surface area contributed by atoms with Gasteiger partial charge in [-0.25, -0.2) is 4.39 Å². The predicted octanol–water partition coefficient (Wildman–Crippen LogP) is 3.56. The van der Waals surface area contributed by atoms with Gasteiger partial charge in [0.2, 0.25) is 0 Å². The number of hydrogen-bond acceptors (Lipinski definition) is 2. The molecule has 0 radical (unpaired) electrons. The topological polar surface area (TPSA) is 37.4 Å². The molecule has 0 bridgehead atoms. The number of piperidine rings is 1. The first kappa shape index (κ1) is 15.2. The zero-order valence-electron chi connectivity index (χ0n) is 11.4. The van der Waals surface area contributed by atoms with Gasteiger partial charge in [0.05, 0.1) is 5.56 Å². The van der Waals surface area contributed by atoms with E-state index < -0.39 is 5.82 Å². The second kappa shape index (κ2) is 6.48. The van der Waals surface area contributed by atoms with Crippen molar-refractivity contribution in [3.63, 3.8) is 0 Å². The fraction of sp³-hybridized carbons (Fsp3) is 0.467. The number of amides is 1. The first-order valence-electron chi connectivity index (χ1n) is 6.74. The van der Waals surface area contributed by atoms with Crippen molar-refractivity contribution in [2.45, 2.75) is 38.6 Å². The standard InChI is InChI=1S/C15H17BrFNO2/c1-10(19)8-12-4-2-3-7-18(12)15(20)13-9-11(16)5-6-14(13)17/h5-6,9,12H,2-4,7-8H2,1H3. The average Bonchev–Trinajstić information content (AvgIpc) is 2.41. The maximum absolute atomic E-state index is 13.8. The number of likely N-dealkylation sites (tertiary alicyclic amines) is 1. The van der Waals surface area contributed by atoms with Crippen molar-refractivity contribution >= 4 is 27.6 Å². The van der Waals surface area contributed by atoms with E-state index in [4.69, 9.17) is 0 Å². The number of benzene rings is 1. The van der Waals surface area contributed by atoms with Crippen molar-refractivity contribution in [3.05, 3.63) is 34.1 Å². The molecule has 0 saturated carbocycles. The zero-order valence-corrected chi connectivity index (χ0v) is 13.0. The van der Waals surface area contributed by atoms with Crippen LogP contribution >= 0.6 is 15.9 Å². The van der Waals surface area contributed by atoms with Crippen LogP contribution in [-0.2, 0) is 4.79 Å². The number of rotatable bonds is 3. The molecule has 1 aromatic carbocycles. The number of carbonyl (C=O) groups excluding carboxylic acids is 2. The Kier molecular flexibility index (Phi) is 4.91. The summed E-state index contributed by atoms with van der Waals surface area (Å²) >= 11 is 3.25. The highest BCUT2D eigenvalue weighted by atomic mass is 79.9. The van der Waals surface area contributed by atoms with E-state index in [9.17, 15) is 14.0 Å². The van der Waals surface area contributed by atoms with Crippen molar-refractivity contribution in [2.24, 2.45) is 0 Å². The van der Waals surface area contributed by atoms with Crippen LogP contribution in [0.1, 0.15) is 43.0 Å². The number of carbonyl (C=O) groups is 2. The highest BCUT2D eigenvalue weighted by Crippen LogP contribution is 2.24. The van der Waals surface area contributed by atoms with E-state index in [1.54, 1.807) is 11.0 Å². The third-order valence-corrected chi connectivity index (χ3v) is 4.06. The summed E-state index contributed by atoms with van der Waals surface area (Å²) in [5, 5.41) is 0. The number of halogens is 2. The Morgan fingerprint density at radius 1 is 1.40 bits per heavy atom. The largest absolute Gasteiger partial charge is 0.335 e. The van der Waals surface area contributed by atoms with E-state index in [1.807, 2.05) is 0 Å². The van der Waals surface area contributed by atoms with Gasteiger partial charge >= 0.3 is 0 Å². The minimum atomic E-state index is -0.523. The second-order valence-corrected chi connectivity index (χ2v) is 6.09. The van der Waals surface area contributed by atoms with E-state index in [-0.39, 0.29) is 23.3 Å². The molecule has 20 heavy (non-hydrogen) atoms. The number of Topliss-reactive ketones (excluding diaryl/α,β-unsaturated/α-hetero) is 1. The highest BCUT2D eigenvalue weighted by Gasteiger charge is 2.29. The fourth-order valence-electron chi connectivity index (χ4n) is 2.63. The molecule has 1 unspecified atom stereocenters. The minimum absolute atomic E-state index is 0.0596. The summed E-state index contributed by atoms with van der Waals surface area (Å²) in [7, 11) is 0. The average molecular weight is 342 g/mol. The summed E-state index contributed by atoms with van der Waals surface area (Å²) in [4.78, 5) is 25.5. The molecule has 1 amide bonds. The number of ketones is 1. The van der Waals surface area contributed by atoms with Crippen molar-refractivity contribution < 1.29 is 14.0 Å². The molecular weight excluding hydrogens is 325 g/mol. The van der Waals surface area contributed by atoms with Gasteiger partial charge in [-0.15, -0.1) is 0 Å². The zero-order chi connectivity index (χ0) is 14.7. The molecule has 0 aromatic heterocycles. The molecule has 1 aromatic rings. The molecule has 1 fully saturated rings. The van der Waals surface area contributed by atoms with Gasteiger partial charge in [-0.2, -0.15) is 0 Å². The molecule has 1 saturated heterocycles. The summed E-state index contributed by atoms with van der Waals surface area (Å²) in [6, 6.07) is 4.24. The normalized spacial score (nSPS) is 18.9. The monoisotopic (exact) mass is 341 g/mol. The molecule has 0 aliphatic carbocycles. The molecule has 108 valence electrons. The lowest BCUT2D eigenvalue weighted by atomic mass is 9.96. The van der Waals surface area contributed by atoms with Crippen LogP contribution in [0.2, 0.25) is 0 Å². The molecule has 1 atom stereocenters. The molecule has 5 heteroatoms. The van der Waals surface area contributed by atoms with E-state index in [2.05, 4.69) is 15.9 Å². The van der Waals surface area contributed by atoms with Gasteiger partial charge in [0.15, 0.2) is 0 Å². The highest BCUT2D eigenvalue weighted by molar-refractivity contribution is 9.10. The molecule has 1 heterocycles. The van der Waals surface area contributed by atoms with Crippen LogP contribution in [0, 0.1) is 5.82 Å². The van der Waals surface area contributed by atoms with Crippen LogP contribution in [0.4, 0.5) is 4.39 Å². The lowest BCUT2D eigenvalue weighted by Gasteiger charge is -2.35. The Balaban J connectivity index is 2.25. The summed E-state index contributed by atoms with van der Waals surface area (Å²) in [6.45, 7) is 2.11. The van der Waals surface area contributed by atoms with Gasteiger partial charge in [0.25, 0.3) is 5.91 Å². The van der Waals surface area contributed by atoms with Crippen molar-refractivity contribution in [2.75, 3.05) is 6.54 Å². The summed E-state index contributed by atoms with van der Waals surface area (Å²) in [5.41, 5.74) is 0.0647. The quantitative estimate of drug-likeness (QED) is 0.842. The Morgan fingerprint density at radius 3 is 2.85 bits per heavy atom. The van der Waals surface area contributed by atoms with Gasteiger partial charge in [0, 0.05) is 23.5 Å². The molecule has 2 rings (SSSR count). The second-order valence-electron chi connectivity index (χ2n) is 5.18. The van der Waals surface area contributed by atoms with Crippen LogP contribution in [0.25, 0.3) is 0 Å². The Labute approximate surface area is 126 Å². The number of nitrogens with zero attached hydrogens (tertiary/aromatic N) is 1. The maximum atomic E-state index is 13.8. The fourth-order valence-corrected chi connectivity index (χ4v) is 2.99. The first-order valence-corrected chi connectivity index (χ1v) is 7.54. The van der Waals surface area contributed by atoms with Crippen molar-refractivity contribution in [1.82, 2.24) is 4.90 Å². The van der Waals surface area contributed by atoms with E-state index in [0.29, 0.717) is 17.4 Å². The smallest absolute Gasteiger partial charge is 0.257 e. The first-order chi connectivity index (χ1) is 9.49. The molecule has 0 N–H and O–H groups in total. The van der Waals surface area contributed by atoms with Gasteiger partial charge in [0.1, 0.15) is 11.6 Å². The Hall–Kier alpha value is -1.23. The summed E-state index contributed by atoms with van der Waals surface area (Å²) in [6.07, 6.45) is 3.06. The molecule has 0 spiro atoms. The van der Waals surface area contributed by atoms with E-state index in [0.717, 1.165) is 19.3 Å². The molecule has 3 nitrogen and oxygen atoms in total. The van der Waals surface area contributed by atoms with Gasteiger partial charge in [-0.05, 0) is 44.4 Å². The number of hydrogen-bond donors (Lipinski definition) is 0. The lowest BCUT2D eigenvalue weighted by Crippen LogP contribution is -2.44.